The molecule has 1 aliphatic heterocycles. The van der Waals surface area contributed by atoms with Crippen LogP contribution in [-0.4, -0.2) is 27.9 Å². The highest BCUT2D eigenvalue weighted by Crippen LogP contribution is 2.27. The van der Waals surface area contributed by atoms with E-state index in [1.165, 1.54) is 0 Å². The minimum absolute atomic E-state index is 0.149. The normalized spacial score (nSPS) is 20.0. The van der Waals surface area contributed by atoms with Gasteiger partial charge in [-0.1, -0.05) is 0 Å². The van der Waals surface area contributed by atoms with Gasteiger partial charge in [0.2, 0.25) is 5.91 Å². The number of carbonyl (C=O) groups excluding carboxylic acids is 1. The molecule has 1 aromatic carbocycles. The van der Waals surface area contributed by atoms with Gasteiger partial charge < -0.3 is 9.47 Å². The van der Waals surface area contributed by atoms with Crippen molar-refractivity contribution in [1.29, 1.82) is 0 Å². The smallest absolute Gasteiger partial charge is 0.227 e. The third kappa shape index (κ3) is 1.77. The van der Waals surface area contributed by atoms with E-state index >= 15 is 0 Å². The highest BCUT2D eigenvalue weighted by atomic mass is 35.5. The molecule has 0 bridgehead atoms. The lowest BCUT2D eigenvalue weighted by Crippen LogP contribution is -2.24. The quantitative estimate of drug-likeness (QED) is 0.779. The summed E-state index contributed by atoms with van der Waals surface area (Å²) in [6, 6.07) is 5.93. The van der Waals surface area contributed by atoms with Gasteiger partial charge in [0.05, 0.1) is 17.4 Å². The second-order valence-electron chi connectivity index (χ2n) is 4.76. The molecule has 2 aromatic rings. The number of benzene rings is 1. The summed E-state index contributed by atoms with van der Waals surface area (Å²) in [4.78, 5) is 18.0. The van der Waals surface area contributed by atoms with E-state index in [0.29, 0.717) is 18.8 Å². The van der Waals surface area contributed by atoms with E-state index in [9.17, 15) is 4.79 Å². The van der Waals surface area contributed by atoms with E-state index in [4.69, 9.17) is 11.6 Å². The molecular weight excluding hydrogens is 250 g/mol. The SMILES string of the molecule is Cn1cnc2cc(N3CC(CCl)CC3=O)ccc21. The highest BCUT2D eigenvalue weighted by molar-refractivity contribution is 6.18. The van der Waals surface area contributed by atoms with Crippen molar-refractivity contribution in [2.75, 3.05) is 17.3 Å². The average Bonchev–Trinajstić information content (AvgIpc) is 2.93. The van der Waals surface area contributed by atoms with Crippen LogP contribution in [0.5, 0.6) is 0 Å². The van der Waals surface area contributed by atoms with Crippen molar-refractivity contribution in [2.45, 2.75) is 6.42 Å². The van der Waals surface area contributed by atoms with Crippen molar-refractivity contribution in [1.82, 2.24) is 9.55 Å². The predicted octanol–water partition coefficient (Wildman–Crippen LogP) is 2.17. The molecule has 0 N–H and O–H groups in total. The first kappa shape index (κ1) is 11.5. The molecule has 3 rings (SSSR count). The molecule has 18 heavy (non-hydrogen) atoms. The summed E-state index contributed by atoms with van der Waals surface area (Å²) in [5.41, 5.74) is 2.90. The van der Waals surface area contributed by atoms with Crippen molar-refractivity contribution >= 4 is 34.2 Å². The second kappa shape index (κ2) is 4.28. The summed E-state index contributed by atoms with van der Waals surface area (Å²) in [7, 11) is 1.96. The minimum atomic E-state index is 0.149. The molecule has 1 aromatic heterocycles. The molecule has 5 heteroatoms. The van der Waals surface area contributed by atoms with Gasteiger partial charge in [0.15, 0.2) is 0 Å². The van der Waals surface area contributed by atoms with Crippen LogP contribution in [-0.2, 0) is 11.8 Å². The molecule has 1 unspecified atom stereocenters. The van der Waals surface area contributed by atoms with E-state index in [2.05, 4.69) is 4.98 Å². The summed E-state index contributed by atoms with van der Waals surface area (Å²) in [5.74, 6) is 0.947. The molecule has 0 saturated carbocycles. The summed E-state index contributed by atoms with van der Waals surface area (Å²) in [5, 5.41) is 0. The summed E-state index contributed by atoms with van der Waals surface area (Å²) >= 11 is 5.83. The maximum atomic E-state index is 11.9. The number of nitrogens with zero attached hydrogens (tertiary/aromatic N) is 3. The lowest BCUT2D eigenvalue weighted by molar-refractivity contribution is -0.117. The predicted molar refractivity (Wildman–Crippen MR) is 71.9 cm³/mol. The van der Waals surface area contributed by atoms with Gasteiger partial charge in [0.25, 0.3) is 0 Å². The lowest BCUT2D eigenvalue weighted by Gasteiger charge is -2.16. The molecule has 4 nitrogen and oxygen atoms in total. The van der Waals surface area contributed by atoms with Gasteiger partial charge in [-0.3, -0.25) is 4.79 Å². The number of carbonyl (C=O) groups is 1. The van der Waals surface area contributed by atoms with Crippen LogP contribution in [0, 0.1) is 5.92 Å². The fraction of sp³-hybridized carbons (Fsp3) is 0.385. The molecule has 0 spiro atoms. The van der Waals surface area contributed by atoms with E-state index in [0.717, 1.165) is 16.7 Å². The number of rotatable bonds is 2. The van der Waals surface area contributed by atoms with E-state index < -0.39 is 0 Å². The van der Waals surface area contributed by atoms with Gasteiger partial charge in [-0.2, -0.15) is 0 Å². The number of halogens is 1. The monoisotopic (exact) mass is 263 g/mol. The Morgan fingerprint density at radius 3 is 3.06 bits per heavy atom. The molecule has 1 atom stereocenters. The molecule has 0 aliphatic carbocycles. The zero-order chi connectivity index (χ0) is 12.7. The number of aryl methyl sites for hydroxylation is 1. The number of fused-ring (bicyclic) bond motifs is 1. The number of anilines is 1. The van der Waals surface area contributed by atoms with Crippen LogP contribution in [0.1, 0.15) is 6.42 Å². The summed E-state index contributed by atoms with van der Waals surface area (Å²) in [6.07, 6.45) is 2.32. The molecular formula is C13H14ClN3O. The van der Waals surface area contributed by atoms with Crippen LogP contribution in [0.2, 0.25) is 0 Å². The van der Waals surface area contributed by atoms with Crippen LogP contribution in [0.15, 0.2) is 24.5 Å². The Morgan fingerprint density at radius 2 is 2.33 bits per heavy atom. The molecule has 1 amide bonds. The van der Waals surface area contributed by atoms with Gasteiger partial charge in [-0.05, 0) is 24.1 Å². The first-order chi connectivity index (χ1) is 8.69. The number of aromatic nitrogens is 2. The van der Waals surface area contributed by atoms with Crippen LogP contribution < -0.4 is 4.90 Å². The van der Waals surface area contributed by atoms with Crippen molar-refractivity contribution in [3.05, 3.63) is 24.5 Å². The fourth-order valence-electron chi connectivity index (χ4n) is 2.43. The molecule has 1 saturated heterocycles. The first-order valence-electron chi connectivity index (χ1n) is 5.96. The second-order valence-corrected chi connectivity index (χ2v) is 5.07. The van der Waals surface area contributed by atoms with Crippen molar-refractivity contribution in [2.24, 2.45) is 13.0 Å². The molecule has 0 radical (unpaired) electrons. The molecule has 2 heterocycles. The van der Waals surface area contributed by atoms with Crippen molar-refractivity contribution < 1.29 is 4.79 Å². The third-order valence-electron chi connectivity index (χ3n) is 3.44. The van der Waals surface area contributed by atoms with Gasteiger partial charge >= 0.3 is 0 Å². The van der Waals surface area contributed by atoms with Gasteiger partial charge in [-0.15, -0.1) is 11.6 Å². The summed E-state index contributed by atoms with van der Waals surface area (Å²) in [6.45, 7) is 0.709. The largest absolute Gasteiger partial charge is 0.334 e. The van der Waals surface area contributed by atoms with Crippen LogP contribution in [0.3, 0.4) is 0 Å². The van der Waals surface area contributed by atoms with Crippen LogP contribution >= 0.6 is 11.6 Å². The number of amides is 1. The standard InChI is InChI=1S/C13H14ClN3O/c1-16-8-15-11-5-10(2-3-12(11)16)17-7-9(6-14)4-13(17)18/h2-3,5,8-9H,4,6-7H2,1H3. The van der Waals surface area contributed by atoms with Gasteiger partial charge in [-0.25, -0.2) is 4.98 Å². The van der Waals surface area contributed by atoms with Gasteiger partial charge in [0.1, 0.15) is 0 Å². The van der Waals surface area contributed by atoms with Crippen molar-refractivity contribution in [3.63, 3.8) is 0 Å². The van der Waals surface area contributed by atoms with Crippen molar-refractivity contribution in [3.8, 4) is 0 Å². The Bertz CT molecular complexity index is 607. The number of hydrogen-bond acceptors (Lipinski definition) is 2. The zero-order valence-electron chi connectivity index (χ0n) is 10.1. The highest BCUT2D eigenvalue weighted by Gasteiger charge is 2.30. The average molecular weight is 264 g/mol. The molecule has 1 aliphatic rings. The Labute approximate surface area is 110 Å². The number of hydrogen-bond donors (Lipinski definition) is 0. The van der Waals surface area contributed by atoms with E-state index in [1.54, 1.807) is 11.2 Å². The van der Waals surface area contributed by atoms with Crippen LogP contribution in [0.4, 0.5) is 5.69 Å². The number of alkyl halides is 1. The lowest BCUT2D eigenvalue weighted by atomic mass is 10.1. The summed E-state index contributed by atoms with van der Waals surface area (Å²) < 4.78 is 1.96. The third-order valence-corrected chi connectivity index (χ3v) is 3.88. The Balaban J connectivity index is 1.97. The maximum absolute atomic E-state index is 11.9. The number of imidazole rings is 1. The molecule has 94 valence electrons. The Hall–Kier alpha value is -1.55. The zero-order valence-corrected chi connectivity index (χ0v) is 10.9. The molecule has 1 fully saturated rings. The maximum Gasteiger partial charge on any atom is 0.227 e. The van der Waals surface area contributed by atoms with E-state index in [1.807, 2.05) is 29.8 Å². The Morgan fingerprint density at radius 1 is 1.50 bits per heavy atom. The fourth-order valence-corrected chi connectivity index (χ4v) is 2.63. The topological polar surface area (TPSA) is 38.1 Å². The first-order valence-corrected chi connectivity index (χ1v) is 6.50. The minimum Gasteiger partial charge on any atom is -0.334 e. The van der Waals surface area contributed by atoms with E-state index in [-0.39, 0.29) is 11.8 Å². The Kier molecular flexibility index (Phi) is 2.74. The van der Waals surface area contributed by atoms with Crippen LogP contribution in [0.25, 0.3) is 11.0 Å². The van der Waals surface area contributed by atoms with Gasteiger partial charge in [0, 0.05) is 31.6 Å².